The number of aromatic nitrogens is 2. The molecule has 1 saturated heterocycles. The number of rotatable bonds is 4. The van der Waals surface area contributed by atoms with Gasteiger partial charge in [0.15, 0.2) is 0 Å². The molecule has 0 saturated carbocycles. The van der Waals surface area contributed by atoms with Gasteiger partial charge in [-0.2, -0.15) is 0 Å². The third-order valence-corrected chi connectivity index (χ3v) is 3.83. The van der Waals surface area contributed by atoms with E-state index in [1.54, 1.807) is 18.1 Å². The van der Waals surface area contributed by atoms with Crippen molar-refractivity contribution in [3.05, 3.63) is 18.1 Å². The van der Waals surface area contributed by atoms with Gasteiger partial charge in [0.25, 0.3) is 5.91 Å². The Labute approximate surface area is 120 Å². The van der Waals surface area contributed by atoms with Crippen molar-refractivity contribution in [2.75, 3.05) is 46.1 Å². The number of carbonyl (C=O) groups is 1. The molecular formula is C14H23N5O. The van der Waals surface area contributed by atoms with E-state index >= 15 is 0 Å². The molecule has 1 fully saturated rings. The molecule has 1 amide bonds. The summed E-state index contributed by atoms with van der Waals surface area (Å²) in [5, 5.41) is 2.90. The summed E-state index contributed by atoms with van der Waals surface area (Å²) in [6.07, 6.45) is 5.43. The highest BCUT2D eigenvalue weighted by atomic mass is 16.2. The molecule has 110 valence electrons. The van der Waals surface area contributed by atoms with E-state index in [0.717, 1.165) is 32.5 Å². The van der Waals surface area contributed by atoms with Crippen molar-refractivity contribution >= 4 is 11.7 Å². The molecule has 6 heteroatoms. The second-order valence-corrected chi connectivity index (χ2v) is 5.47. The average molecular weight is 277 g/mol. The Morgan fingerprint density at radius 1 is 1.45 bits per heavy atom. The third-order valence-electron chi connectivity index (χ3n) is 3.83. The number of hydrogen-bond acceptors (Lipinski definition) is 5. The van der Waals surface area contributed by atoms with Gasteiger partial charge >= 0.3 is 0 Å². The van der Waals surface area contributed by atoms with Gasteiger partial charge in [0.1, 0.15) is 11.5 Å². The Morgan fingerprint density at radius 3 is 2.80 bits per heavy atom. The smallest absolute Gasteiger partial charge is 0.273 e. The van der Waals surface area contributed by atoms with Crippen LogP contribution in [0.4, 0.5) is 5.82 Å². The Hall–Kier alpha value is -1.69. The van der Waals surface area contributed by atoms with Crippen molar-refractivity contribution in [1.29, 1.82) is 0 Å². The predicted octanol–water partition coefficient (Wildman–Crippen LogP) is 0.932. The highest BCUT2D eigenvalue weighted by Crippen LogP contribution is 2.17. The summed E-state index contributed by atoms with van der Waals surface area (Å²) in [5.41, 5.74) is 0.396. The number of nitrogens with zero attached hydrogens (tertiary/aromatic N) is 4. The molecule has 0 atom stereocenters. The predicted molar refractivity (Wildman–Crippen MR) is 78.8 cm³/mol. The highest BCUT2D eigenvalue weighted by molar-refractivity contribution is 5.92. The van der Waals surface area contributed by atoms with Gasteiger partial charge in [0, 0.05) is 20.6 Å². The van der Waals surface area contributed by atoms with Crippen LogP contribution in [0.25, 0.3) is 0 Å². The lowest BCUT2D eigenvalue weighted by Crippen LogP contribution is -2.38. The van der Waals surface area contributed by atoms with Crippen LogP contribution in [0.2, 0.25) is 0 Å². The molecule has 2 heterocycles. The zero-order valence-electron chi connectivity index (χ0n) is 12.5. The van der Waals surface area contributed by atoms with Crippen LogP contribution in [0.5, 0.6) is 0 Å². The highest BCUT2D eigenvalue weighted by Gasteiger charge is 2.21. The molecular weight excluding hydrogens is 254 g/mol. The topological polar surface area (TPSA) is 61.4 Å². The van der Waals surface area contributed by atoms with Crippen molar-refractivity contribution < 1.29 is 4.79 Å². The summed E-state index contributed by atoms with van der Waals surface area (Å²) >= 11 is 0. The second kappa shape index (κ2) is 6.65. The van der Waals surface area contributed by atoms with E-state index in [1.807, 2.05) is 7.05 Å². The zero-order chi connectivity index (χ0) is 14.5. The maximum absolute atomic E-state index is 12.3. The van der Waals surface area contributed by atoms with Gasteiger partial charge in [-0.15, -0.1) is 0 Å². The van der Waals surface area contributed by atoms with E-state index in [1.165, 1.54) is 6.20 Å². The molecule has 1 aromatic heterocycles. The number of amides is 1. The van der Waals surface area contributed by atoms with Crippen molar-refractivity contribution in [2.24, 2.45) is 5.92 Å². The molecule has 0 unspecified atom stereocenters. The summed E-state index contributed by atoms with van der Waals surface area (Å²) in [7, 11) is 5.75. The Balaban J connectivity index is 1.94. The van der Waals surface area contributed by atoms with Crippen LogP contribution in [0.15, 0.2) is 12.4 Å². The number of carbonyl (C=O) groups excluding carboxylic acids is 1. The van der Waals surface area contributed by atoms with Gasteiger partial charge in [0.2, 0.25) is 0 Å². The Morgan fingerprint density at radius 2 is 2.15 bits per heavy atom. The Kier molecular flexibility index (Phi) is 4.89. The van der Waals surface area contributed by atoms with E-state index in [4.69, 9.17) is 0 Å². The minimum atomic E-state index is -0.0615. The first-order chi connectivity index (χ1) is 9.60. The fourth-order valence-corrected chi connectivity index (χ4v) is 2.50. The maximum Gasteiger partial charge on any atom is 0.273 e. The number of anilines is 1. The number of hydrogen-bond donors (Lipinski definition) is 1. The van der Waals surface area contributed by atoms with Gasteiger partial charge in [-0.1, -0.05) is 0 Å². The number of piperidine rings is 1. The minimum absolute atomic E-state index is 0.0615. The van der Waals surface area contributed by atoms with E-state index in [0.29, 0.717) is 17.4 Å². The summed E-state index contributed by atoms with van der Waals surface area (Å²) in [5.74, 6) is 1.14. The molecule has 1 aliphatic heterocycles. The van der Waals surface area contributed by atoms with Gasteiger partial charge in [0.05, 0.1) is 12.4 Å². The molecule has 0 aliphatic carbocycles. The molecule has 20 heavy (non-hydrogen) atoms. The van der Waals surface area contributed by atoms with Crippen LogP contribution in [0.3, 0.4) is 0 Å². The van der Waals surface area contributed by atoms with Crippen LogP contribution < -0.4 is 5.32 Å². The molecule has 6 nitrogen and oxygen atoms in total. The maximum atomic E-state index is 12.3. The minimum Gasteiger partial charge on any atom is -0.372 e. The SMILES string of the molecule is CNc1cncc(C(=O)N(C)CC2CCN(C)CC2)n1. The van der Waals surface area contributed by atoms with Gasteiger partial charge in [-0.25, -0.2) is 4.98 Å². The lowest BCUT2D eigenvalue weighted by atomic mass is 9.96. The third kappa shape index (κ3) is 3.66. The fraction of sp³-hybridized carbons (Fsp3) is 0.643. The van der Waals surface area contributed by atoms with E-state index < -0.39 is 0 Å². The van der Waals surface area contributed by atoms with Crippen molar-refractivity contribution in [1.82, 2.24) is 19.8 Å². The number of likely N-dealkylation sites (tertiary alicyclic amines) is 1. The fourth-order valence-electron chi connectivity index (χ4n) is 2.50. The van der Waals surface area contributed by atoms with Crippen LogP contribution >= 0.6 is 0 Å². The van der Waals surface area contributed by atoms with Crippen molar-refractivity contribution in [3.8, 4) is 0 Å². The molecule has 1 aromatic rings. The first kappa shape index (κ1) is 14.7. The molecule has 2 rings (SSSR count). The van der Waals surface area contributed by atoms with E-state index in [9.17, 15) is 4.79 Å². The zero-order valence-corrected chi connectivity index (χ0v) is 12.5. The molecule has 0 bridgehead atoms. The largest absolute Gasteiger partial charge is 0.372 e. The monoisotopic (exact) mass is 277 g/mol. The summed E-state index contributed by atoms with van der Waals surface area (Å²) in [6.45, 7) is 3.02. The second-order valence-electron chi connectivity index (χ2n) is 5.47. The van der Waals surface area contributed by atoms with Crippen molar-refractivity contribution in [3.63, 3.8) is 0 Å². The average Bonchev–Trinajstić information content (AvgIpc) is 2.48. The van der Waals surface area contributed by atoms with Gasteiger partial charge in [-0.05, 0) is 38.9 Å². The van der Waals surface area contributed by atoms with Crippen LogP contribution in [0, 0.1) is 5.92 Å². The summed E-state index contributed by atoms with van der Waals surface area (Å²) in [6, 6.07) is 0. The van der Waals surface area contributed by atoms with Crippen LogP contribution in [0.1, 0.15) is 23.3 Å². The van der Waals surface area contributed by atoms with Gasteiger partial charge in [-0.3, -0.25) is 9.78 Å². The lowest BCUT2D eigenvalue weighted by molar-refractivity contribution is 0.0741. The molecule has 1 aliphatic rings. The lowest BCUT2D eigenvalue weighted by Gasteiger charge is -2.31. The van der Waals surface area contributed by atoms with Crippen LogP contribution in [-0.4, -0.2) is 66.5 Å². The van der Waals surface area contributed by atoms with E-state index in [-0.39, 0.29) is 5.91 Å². The van der Waals surface area contributed by atoms with Crippen molar-refractivity contribution in [2.45, 2.75) is 12.8 Å². The van der Waals surface area contributed by atoms with Gasteiger partial charge < -0.3 is 15.1 Å². The molecule has 0 spiro atoms. The number of nitrogens with one attached hydrogen (secondary N) is 1. The molecule has 1 N–H and O–H groups in total. The normalized spacial score (nSPS) is 16.9. The van der Waals surface area contributed by atoms with Crippen LogP contribution in [-0.2, 0) is 0 Å². The Bertz CT molecular complexity index is 457. The summed E-state index contributed by atoms with van der Waals surface area (Å²) in [4.78, 5) is 24.7. The first-order valence-corrected chi connectivity index (χ1v) is 7.04. The van der Waals surface area contributed by atoms with E-state index in [2.05, 4.69) is 27.2 Å². The quantitative estimate of drug-likeness (QED) is 0.887. The standard InChI is InChI=1S/C14H23N5O/c1-15-13-9-16-8-12(17-13)14(20)19(3)10-11-4-6-18(2)7-5-11/h8-9,11H,4-7,10H2,1-3H3,(H,15,17). The first-order valence-electron chi connectivity index (χ1n) is 7.04. The summed E-state index contributed by atoms with van der Waals surface area (Å²) < 4.78 is 0. The molecule has 0 radical (unpaired) electrons. The molecule has 0 aromatic carbocycles.